The SMILES string of the molecule is Cc1ccccc1C(Cn1cc[n+](CC(O)c2ccc(Cl)cc2)c1)OCc1ccccc1. The van der Waals surface area contributed by atoms with Crippen LogP contribution < -0.4 is 4.57 Å². The van der Waals surface area contributed by atoms with Crippen LogP contribution in [0.3, 0.4) is 0 Å². The molecule has 4 nitrogen and oxygen atoms in total. The van der Waals surface area contributed by atoms with Gasteiger partial charge >= 0.3 is 0 Å². The zero-order valence-electron chi connectivity index (χ0n) is 18.1. The second-order valence-electron chi connectivity index (χ2n) is 8.02. The fourth-order valence-corrected chi connectivity index (χ4v) is 3.92. The Morgan fingerprint density at radius 2 is 1.69 bits per heavy atom. The number of rotatable bonds is 9. The third kappa shape index (κ3) is 5.86. The smallest absolute Gasteiger partial charge is 0.243 e. The van der Waals surface area contributed by atoms with Gasteiger partial charge in [-0.1, -0.05) is 78.3 Å². The van der Waals surface area contributed by atoms with Crippen LogP contribution in [0.25, 0.3) is 0 Å². The van der Waals surface area contributed by atoms with Crippen molar-refractivity contribution in [1.82, 2.24) is 4.57 Å². The van der Waals surface area contributed by atoms with Crippen LogP contribution in [0.4, 0.5) is 0 Å². The van der Waals surface area contributed by atoms with Gasteiger partial charge in [-0.15, -0.1) is 0 Å². The Hall–Kier alpha value is -2.92. The van der Waals surface area contributed by atoms with Crippen molar-refractivity contribution in [3.8, 4) is 0 Å². The summed E-state index contributed by atoms with van der Waals surface area (Å²) in [6, 6.07) is 25.9. The lowest BCUT2D eigenvalue weighted by Gasteiger charge is -2.19. The van der Waals surface area contributed by atoms with Crippen molar-refractivity contribution in [3.63, 3.8) is 0 Å². The number of hydrogen-bond donors (Lipinski definition) is 1. The first-order chi connectivity index (χ1) is 15.6. The summed E-state index contributed by atoms with van der Waals surface area (Å²) in [5, 5.41) is 11.2. The molecule has 1 heterocycles. The predicted octanol–water partition coefficient (Wildman–Crippen LogP) is 5.43. The predicted molar refractivity (Wildman–Crippen MR) is 126 cm³/mol. The maximum atomic E-state index is 10.6. The van der Waals surface area contributed by atoms with Gasteiger partial charge in [0, 0.05) is 5.02 Å². The fraction of sp³-hybridized carbons (Fsp3) is 0.222. The highest BCUT2D eigenvalue weighted by atomic mass is 35.5. The maximum Gasteiger partial charge on any atom is 0.243 e. The molecule has 0 aliphatic rings. The summed E-state index contributed by atoms with van der Waals surface area (Å²) < 4.78 is 10.5. The third-order valence-electron chi connectivity index (χ3n) is 5.59. The fourth-order valence-electron chi connectivity index (χ4n) is 3.80. The van der Waals surface area contributed by atoms with Gasteiger partial charge in [0.05, 0.1) is 6.61 Å². The molecule has 0 amide bonds. The molecule has 2 atom stereocenters. The van der Waals surface area contributed by atoms with Gasteiger partial charge < -0.3 is 9.84 Å². The van der Waals surface area contributed by atoms with E-state index >= 15 is 0 Å². The van der Waals surface area contributed by atoms with Crippen LogP contribution in [0.1, 0.15) is 34.5 Å². The number of halogens is 1. The van der Waals surface area contributed by atoms with E-state index in [2.05, 4.69) is 47.9 Å². The number of aryl methyl sites for hydroxylation is 1. The molecule has 2 unspecified atom stereocenters. The number of imidazole rings is 1. The van der Waals surface area contributed by atoms with Crippen molar-refractivity contribution in [2.75, 3.05) is 0 Å². The highest BCUT2D eigenvalue weighted by Gasteiger charge is 2.19. The zero-order valence-corrected chi connectivity index (χ0v) is 18.9. The molecule has 3 aromatic carbocycles. The monoisotopic (exact) mass is 447 g/mol. The lowest BCUT2D eigenvalue weighted by molar-refractivity contribution is -0.704. The molecule has 32 heavy (non-hydrogen) atoms. The molecule has 0 spiro atoms. The molecule has 0 fully saturated rings. The molecule has 4 rings (SSSR count). The Morgan fingerprint density at radius 3 is 2.44 bits per heavy atom. The van der Waals surface area contributed by atoms with Crippen LogP contribution in [-0.2, 0) is 24.4 Å². The van der Waals surface area contributed by atoms with E-state index in [-0.39, 0.29) is 6.10 Å². The van der Waals surface area contributed by atoms with E-state index < -0.39 is 6.10 Å². The molecule has 4 aromatic rings. The molecule has 0 bridgehead atoms. The van der Waals surface area contributed by atoms with Crippen molar-refractivity contribution in [1.29, 1.82) is 0 Å². The van der Waals surface area contributed by atoms with Crippen molar-refractivity contribution in [2.24, 2.45) is 0 Å². The van der Waals surface area contributed by atoms with E-state index in [9.17, 15) is 5.11 Å². The zero-order chi connectivity index (χ0) is 22.3. The molecule has 164 valence electrons. The van der Waals surface area contributed by atoms with Gasteiger partial charge in [0.25, 0.3) is 0 Å². The lowest BCUT2D eigenvalue weighted by Crippen LogP contribution is -2.34. The number of aromatic nitrogens is 2. The first-order valence-corrected chi connectivity index (χ1v) is 11.2. The summed E-state index contributed by atoms with van der Waals surface area (Å²) in [6.07, 6.45) is 5.32. The summed E-state index contributed by atoms with van der Waals surface area (Å²) >= 11 is 5.95. The number of nitrogens with zero attached hydrogens (tertiary/aromatic N) is 2. The molecule has 5 heteroatoms. The van der Waals surface area contributed by atoms with Gasteiger partial charge in [-0.05, 0) is 41.3 Å². The Balaban J connectivity index is 1.46. The van der Waals surface area contributed by atoms with E-state index in [4.69, 9.17) is 16.3 Å². The van der Waals surface area contributed by atoms with Crippen molar-refractivity contribution in [3.05, 3.63) is 125 Å². The summed E-state index contributed by atoms with van der Waals surface area (Å²) in [7, 11) is 0. The van der Waals surface area contributed by atoms with E-state index in [1.54, 1.807) is 12.1 Å². The summed E-state index contributed by atoms with van der Waals surface area (Å²) in [6.45, 7) is 3.82. The molecule has 0 aliphatic carbocycles. The summed E-state index contributed by atoms with van der Waals surface area (Å²) in [5.41, 5.74) is 4.40. The van der Waals surface area contributed by atoms with Crippen molar-refractivity contribution in [2.45, 2.75) is 38.8 Å². The Bertz CT molecular complexity index is 1130. The number of aliphatic hydroxyl groups excluding tert-OH is 1. The standard InChI is InChI=1S/C27H28ClN2O2/c1-21-7-5-6-10-25(21)27(32-19-22-8-3-2-4-9-22)18-30-16-15-29(20-30)17-26(31)23-11-13-24(28)14-12-23/h2-16,20,26-27,31H,17-19H2,1H3/q+1. The van der Waals surface area contributed by atoms with Crippen LogP contribution in [0.2, 0.25) is 5.02 Å². The maximum absolute atomic E-state index is 10.6. The van der Waals surface area contributed by atoms with Gasteiger partial charge in [-0.3, -0.25) is 0 Å². The van der Waals surface area contributed by atoms with Gasteiger partial charge in [-0.2, -0.15) is 0 Å². The van der Waals surface area contributed by atoms with Crippen molar-refractivity contribution < 1.29 is 14.4 Å². The third-order valence-corrected chi connectivity index (χ3v) is 5.84. The van der Waals surface area contributed by atoms with E-state index in [0.29, 0.717) is 24.7 Å². The number of benzene rings is 3. The highest BCUT2D eigenvalue weighted by Crippen LogP contribution is 2.24. The minimum atomic E-state index is -0.602. The molecule has 0 aliphatic heterocycles. The molecule has 0 radical (unpaired) electrons. The van der Waals surface area contributed by atoms with Gasteiger partial charge in [0.15, 0.2) is 0 Å². The van der Waals surface area contributed by atoms with Gasteiger partial charge in [0.1, 0.15) is 37.7 Å². The summed E-state index contributed by atoms with van der Waals surface area (Å²) in [4.78, 5) is 0. The Kier molecular flexibility index (Phi) is 7.38. The largest absolute Gasteiger partial charge is 0.384 e. The minimum Gasteiger partial charge on any atom is -0.384 e. The molecular formula is C27H28ClN2O2+. The molecular weight excluding hydrogens is 420 g/mol. The van der Waals surface area contributed by atoms with Crippen LogP contribution in [0.15, 0.2) is 97.6 Å². The van der Waals surface area contributed by atoms with Crippen LogP contribution in [0, 0.1) is 6.92 Å². The minimum absolute atomic E-state index is 0.0848. The lowest BCUT2D eigenvalue weighted by atomic mass is 10.0. The first-order valence-electron chi connectivity index (χ1n) is 10.8. The van der Waals surface area contributed by atoms with Crippen LogP contribution in [-0.4, -0.2) is 9.67 Å². The highest BCUT2D eigenvalue weighted by molar-refractivity contribution is 6.30. The second kappa shape index (κ2) is 10.6. The topological polar surface area (TPSA) is 38.3 Å². The van der Waals surface area contributed by atoms with Crippen LogP contribution in [0.5, 0.6) is 0 Å². The van der Waals surface area contributed by atoms with E-state index in [1.165, 1.54) is 11.1 Å². The normalized spacial score (nSPS) is 13.1. The van der Waals surface area contributed by atoms with E-state index in [0.717, 1.165) is 11.1 Å². The number of hydrogen-bond acceptors (Lipinski definition) is 2. The van der Waals surface area contributed by atoms with Gasteiger partial charge in [0.2, 0.25) is 6.33 Å². The van der Waals surface area contributed by atoms with Gasteiger partial charge in [-0.25, -0.2) is 9.13 Å². The number of ether oxygens (including phenoxy) is 1. The summed E-state index contributed by atoms with van der Waals surface area (Å²) in [5.74, 6) is 0. The van der Waals surface area contributed by atoms with Crippen LogP contribution >= 0.6 is 11.6 Å². The van der Waals surface area contributed by atoms with E-state index in [1.807, 2.05) is 53.6 Å². The molecule has 0 saturated heterocycles. The average Bonchev–Trinajstić information content (AvgIpc) is 3.25. The molecule has 1 aromatic heterocycles. The molecule has 1 N–H and O–H groups in total. The molecule has 0 saturated carbocycles. The quantitative estimate of drug-likeness (QED) is 0.347. The average molecular weight is 448 g/mol. The Labute approximate surface area is 194 Å². The second-order valence-corrected chi connectivity index (χ2v) is 8.45. The Morgan fingerprint density at radius 1 is 0.969 bits per heavy atom. The first kappa shape index (κ1) is 22.3. The number of aliphatic hydroxyl groups is 1. The van der Waals surface area contributed by atoms with Crippen molar-refractivity contribution >= 4 is 11.6 Å².